The van der Waals surface area contributed by atoms with Crippen LogP contribution in [0.1, 0.15) is 23.7 Å². The van der Waals surface area contributed by atoms with Crippen molar-refractivity contribution in [1.29, 1.82) is 0 Å². The zero-order valence-electron chi connectivity index (χ0n) is 10.7. The Hall–Kier alpha value is -2.04. The predicted molar refractivity (Wildman–Crippen MR) is 65.1 cm³/mol. The van der Waals surface area contributed by atoms with Crippen molar-refractivity contribution >= 4 is 11.8 Å². The van der Waals surface area contributed by atoms with Gasteiger partial charge in [-0.2, -0.15) is 0 Å². The average Bonchev–Trinajstić information content (AvgIpc) is 2.38. The maximum Gasteiger partial charge on any atom is 0.313 e. The molecular weight excluding hydrogens is 236 g/mol. The van der Waals surface area contributed by atoms with Gasteiger partial charge in [0.1, 0.15) is 17.9 Å². The average molecular weight is 252 g/mol. The van der Waals surface area contributed by atoms with Crippen LogP contribution in [-0.4, -0.2) is 32.6 Å². The topological polar surface area (TPSA) is 61.8 Å². The fourth-order valence-corrected chi connectivity index (χ4v) is 1.47. The molecule has 98 valence electrons. The number of Topliss-reactive ketones (excluding diaryl/α,β-unsaturated/α-hetero) is 1. The van der Waals surface area contributed by atoms with Crippen molar-refractivity contribution in [3.05, 3.63) is 23.8 Å². The maximum atomic E-state index is 11.9. The maximum absolute atomic E-state index is 11.9. The Morgan fingerprint density at radius 3 is 2.44 bits per heavy atom. The van der Waals surface area contributed by atoms with Crippen LogP contribution in [0.5, 0.6) is 11.5 Å². The highest BCUT2D eigenvalue weighted by Crippen LogP contribution is 2.25. The number of rotatable bonds is 6. The van der Waals surface area contributed by atoms with Crippen LogP contribution in [0, 0.1) is 0 Å². The Morgan fingerprint density at radius 1 is 1.17 bits per heavy atom. The van der Waals surface area contributed by atoms with Crippen LogP contribution in [0.2, 0.25) is 0 Å². The molecule has 0 aromatic heterocycles. The zero-order valence-corrected chi connectivity index (χ0v) is 10.7. The fraction of sp³-hybridized carbons (Fsp3) is 0.385. The Balaban J connectivity index is 2.88. The second kappa shape index (κ2) is 6.64. The molecule has 0 aliphatic rings. The molecule has 0 bridgehead atoms. The lowest BCUT2D eigenvalue weighted by Crippen LogP contribution is -2.12. The van der Waals surface area contributed by atoms with E-state index >= 15 is 0 Å². The highest BCUT2D eigenvalue weighted by atomic mass is 16.5. The number of hydrogen-bond donors (Lipinski definition) is 0. The lowest BCUT2D eigenvalue weighted by molar-refractivity contribution is -0.141. The van der Waals surface area contributed by atoms with E-state index in [-0.39, 0.29) is 18.8 Å². The lowest BCUT2D eigenvalue weighted by atomic mass is 10.1. The Morgan fingerprint density at radius 2 is 1.89 bits per heavy atom. The normalized spacial score (nSPS) is 9.72. The van der Waals surface area contributed by atoms with Gasteiger partial charge in [-0.15, -0.1) is 0 Å². The largest absolute Gasteiger partial charge is 0.497 e. The summed E-state index contributed by atoms with van der Waals surface area (Å²) in [5.41, 5.74) is 0.339. The minimum Gasteiger partial charge on any atom is -0.497 e. The van der Waals surface area contributed by atoms with E-state index < -0.39 is 5.97 Å². The van der Waals surface area contributed by atoms with Crippen LogP contribution >= 0.6 is 0 Å². The molecule has 0 unspecified atom stereocenters. The molecule has 0 atom stereocenters. The van der Waals surface area contributed by atoms with Gasteiger partial charge in [-0.3, -0.25) is 9.59 Å². The smallest absolute Gasteiger partial charge is 0.313 e. The van der Waals surface area contributed by atoms with Crippen molar-refractivity contribution in [2.75, 3.05) is 20.8 Å². The van der Waals surface area contributed by atoms with E-state index in [4.69, 9.17) is 14.2 Å². The van der Waals surface area contributed by atoms with Crippen LogP contribution < -0.4 is 9.47 Å². The van der Waals surface area contributed by atoms with E-state index in [2.05, 4.69) is 0 Å². The molecule has 1 aromatic rings. The van der Waals surface area contributed by atoms with E-state index in [0.29, 0.717) is 17.1 Å². The van der Waals surface area contributed by atoms with E-state index in [1.165, 1.54) is 14.2 Å². The van der Waals surface area contributed by atoms with Crippen LogP contribution in [0.3, 0.4) is 0 Å². The second-order valence-corrected chi connectivity index (χ2v) is 3.47. The second-order valence-electron chi connectivity index (χ2n) is 3.47. The standard InChI is InChI=1S/C13H16O5/c1-4-18-13(15)8-11(14)10-6-5-9(16-2)7-12(10)17-3/h5-7H,4,8H2,1-3H3. The summed E-state index contributed by atoms with van der Waals surface area (Å²) in [5, 5.41) is 0. The van der Waals surface area contributed by atoms with Crippen molar-refractivity contribution < 1.29 is 23.8 Å². The molecular formula is C13H16O5. The third-order valence-corrected chi connectivity index (χ3v) is 2.32. The molecule has 0 aliphatic carbocycles. The Bertz CT molecular complexity index is 439. The molecule has 5 nitrogen and oxygen atoms in total. The van der Waals surface area contributed by atoms with Gasteiger partial charge in [0, 0.05) is 6.07 Å². The van der Waals surface area contributed by atoms with Crippen molar-refractivity contribution in [2.45, 2.75) is 13.3 Å². The minimum absolute atomic E-state index is 0.256. The fourth-order valence-electron chi connectivity index (χ4n) is 1.47. The molecule has 0 N–H and O–H groups in total. The summed E-state index contributed by atoms with van der Waals surface area (Å²) in [4.78, 5) is 23.1. The molecule has 0 radical (unpaired) electrons. The number of esters is 1. The molecule has 1 aromatic carbocycles. The highest BCUT2D eigenvalue weighted by molar-refractivity contribution is 6.07. The number of carbonyl (C=O) groups is 2. The number of hydrogen-bond acceptors (Lipinski definition) is 5. The zero-order chi connectivity index (χ0) is 13.5. The molecule has 0 spiro atoms. The molecule has 5 heteroatoms. The minimum atomic E-state index is -0.541. The first kappa shape index (κ1) is 14.0. The van der Waals surface area contributed by atoms with Gasteiger partial charge in [-0.1, -0.05) is 0 Å². The van der Waals surface area contributed by atoms with Gasteiger partial charge in [0.25, 0.3) is 0 Å². The molecule has 0 aliphatic heterocycles. The third kappa shape index (κ3) is 3.48. The summed E-state index contributed by atoms with van der Waals surface area (Å²) in [7, 11) is 2.98. The SMILES string of the molecule is CCOC(=O)CC(=O)c1ccc(OC)cc1OC. The summed E-state index contributed by atoms with van der Waals surface area (Å²) in [5.74, 6) is 0.0801. The first-order valence-corrected chi connectivity index (χ1v) is 5.53. The molecule has 0 fully saturated rings. The number of ether oxygens (including phenoxy) is 3. The molecule has 1 rings (SSSR count). The molecule has 0 amide bonds. The van der Waals surface area contributed by atoms with Crippen LogP contribution in [-0.2, 0) is 9.53 Å². The van der Waals surface area contributed by atoms with Gasteiger partial charge in [0.15, 0.2) is 5.78 Å². The van der Waals surface area contributed by atoms with Crippen LogP contribution in [0.15, 0.2) is 18.2 Å². The predicted octanol–water partition coefficient (Wildman–Crippen LogP) is 1.84. The van der Waals surface area contributed by atoms with Gasteiger partial charge in [-0.05, 0) is 19.1 Å². The van der Waals surface area contributed by atoms with Gasteiger partial charge in [0.05, 0.1) is 26.4 Å². The Kier molecular flexibility index (Phi) is 5.17. The molecule has 0 saturated carbocycles. The summed E-state index contributed by atoms with van der Waals surface area (Å²) < 4.78 is 14.9. The third-order valence-electron chi connectivity index (χ3n) is 2.32. The van der Waals surface area contributed by atoms with Crippen molar-refractivity contribution in [2.24, 2.45) is 0 Å². The number of ketones is 1. The first-order valence-electron chi connectivity index (χ1n) is 5.53. The van der Waals surface area contributed by atoms with Crippen molar-refractivity contribution in [3.63, 3.8) is 0 Å². The summed E-state index contributed by atoms with van der Waals surface area (Å²) in [6.45, 7) is 1.95. The van der Waals surface area contributed by atoms with Gasteiger partial charge in [-0.25, -0.2) is 0 Å². The first-order chi connectivity index (χ1) is 8.62. The van der Waals surface area contributed by atoms with Gasteiger partial charge < -0.3 is 14.2 Å². The summed E-state index contributed by atoms with van der Waals surface area (Å²) in [6, 6.07) is 4.80. The summed E-state index contributed by atoms with van der Waals surface area (Å²) in [6.07, 6.45) is -0.295. The van der Waals surface area contributed by atoms with Gasteiger partial charge >= 0.3 is 5.97 Å². The Labute approximate surface area is 106 Å². The van der Waals surface area contributed by atoms with Crippen molar-refractivity contribution in [1.82, 2.24) is 0 Å². The van der Waals surface area contributed by atoms with E-state index in [0.717, 1.165) is 0 Å². The monoisotopic (exact) mass is 252 g/mol. The quantitative estimate of drug-likeness (QED) is 0.439. The number of methoxy groups -OCH3 is 2. The molecule has 0 saturated heterocycles. The van der Waals surface area contributed by atoms with Gasteiger partial charge in [0.2, 0.25) is 0 Å². The van der Waals surface area contributed by atoms with Crippen LogP contribution in [0.4, 0.5) is 0 Å². The lowest BCUT2D eigenvalue weighted by Gasteiger charge is -2.09. The highest BCUT2D eigenvalue weighted by Gasteiger charge is 2.17. The van der Waals surface area contributed by atoms with Crippen LogP contribution in [0.25, 0.3) is 0 Å². The summed E-state index contributed by atoms with van der Waals surface area (Å²) >= 11 is 0. The molecule has 0 heterocycles. The van der Waals surface area contributed by atoms with E-state index in [1.54, 1.807) is 25.1 Å². The van der Waals surface area contributed by atoms with E-state index in [9.17, 15) is 9.59 Å². The number of carbonyl (C=O) groups excluding carboxylic acids is 2. The molecule has 18 heavy (non-hydrogen) atoms. The van der Waals surface area contributed by atoms with E-state index in [1.807, 2.05) is 0 Å². The number of benzene rings is 1. The van der Waals surface area contributed by atoms with Crippen molar-refractivity contribution in [3.8, 4) is 11.5 Å².